The molecule has 1 amide bonds. The van der Waals surface area contributed by atoms with Crippen LogP contribution < -0.4 is 5.32 Å². The summed E-state index contributed by atoms with van der Waals surface area (Å²) in [5.74, 6) is -2.45. The van der Waals surface area contributed by atoms with Gasteiger partial charge in [-0.05, 0) is 31.2 Å². The largest absolute Gasteiger partial charge is 0.512 e. The molecule has 0 spiro atoms. The molecule has 2 aromatic carbocycles. The van der Waals surface area contributed by atoms with Gasteiger partial charge in [0.2, 0.25) is 0 Å². The molecule has 0 fully saturated rings. The first-order valence-corrected chi connectivity index (χ1v) is 6.72. The highest BCUT2D eigenvalue weighted by Crippen LogP contribution is 2.18. The predicted molar refractivity (Wildman–Crippen MR) is 84.9 cm³/mol. The van der Waals surface area contributed by atoms with Gasteiger partial charge in [-0.1, -0.05) is 18.2 Å². The number of benzene rings is 2. The lowest BCUT2D eigenvalue weighted by molar-refractivity contribution is -0.112. The van der Waals surface area contributed by atoms with Crippen molar-refractivity contribution in [1.29, 1.82) is 0 Å². The predicted octanol–water partition coefficient (Wildman–Crippen LogP) is 4.14. The van der Waals surface area contributed by atoms with Crippen molar-refractivity contribution < 1.29 is 18.7 Å². The van der Waals surface area contributed by atoms with Crippen LogP contribution in [0.25, 0.3) is 0 Å². The van der Waals surface area contributed by atoms with Crippen molar-refractivity contribution in [2.45, 2.75) is 6.92 Å². The molecule has 0 saturated carbocycles. The number of hydrogen-bond donors (Lipinski definition) is 2. The van der Waals surface area contributed by atoms with E-state index in [1.807, 2.05) is 0 Å². The van der Waals surface area contributed by atoms with Crippen molar-refractivity contribution >= 4 is 23.5 Å². The standard InChI is InChI=1S/C17H14F2N2O2/c1-11(22)14(17(23)21-13-5-3-2-4-6-13)10-20-16-8-7-12(18)9-15(16)19/h2-10,22H,1H3,(H,21,23)/b14-11+,20-10?. The highest BCUT2D eigenvalue weighted by atomic mass is 19.1. The Morgan fingerprint density at radius 3 is 2.48 bits per heavy atom. The third-order valence-corrected chi connectivity index (χ3v) is 2.91. The zero-order chi connectivity index (χ0) is 16.8. The fraction of sp³-hybridized carbons (Fsp3) is 0.0588. The Morgan fingerprint density at radius 2 is 1.87 bits per heavy atom. The van der Waals surface area contributed by atoms with Crippen LogP contribution in [0.15, 0.2) is 64.9 Å². The molecule has 0 aromatic heterocycles. The van der Waals surface area contributed by atoms with E-state index in [4.69, 9.17) is 0 Å². The van der Waals surface area contributed by atoms with Crippen molar-refractivity contribution in [3.05, 3.63) is 71.5 Å². The number of allylic oxidation sites excluding steroid dienone is 1. The van der Waals surface area contributed by atoms with Crippen molar-refractivity contribution in [2.24, 2.45) is 4.99 Å². The Balaban J connectivity index is 2.21. The molecule has 2 N–H and O–H groups in total. The highest BCUT2D eigenvalue weighted by molar-refractivity contribution is 6.18. The molecule has 0 unspecified atom stereocenters. The molecule has 0 radical (unpaired) electrons. The van der Waals surface area contributed by atoms with Gasteiger partial charge in [0.25, 0.3) is 5.91 Å². The second-order valence-electron chi connectivity index (χ2n) is 4.67. The van der Waals surface area contributed by atoms with Crippen LogP contribution >= 0.6 is 0 Å². The van der Waals surface area contributed by atoms with Gasteiger partial charge in [0.05, 0.1) is 11.3 Å². The van der Waals surface area contributed by atoms with Crippen LogP contribution in [-0.2, 0) is 4.79 Å². The number of rotatable bonds is 4. The van der Waals surface area contributed by atoms with E-state index >= 15 is 0 Å². The Morgan fingerprint density at radius 1 is 1.17 bits per heavy atom. The average molecular weight is 316 g/mol. The lowest BCUT2D eigenvalue weighted by Gasteiger charge is -2.06. The third kappa shape index (κ3) is 4.47. The van der Waals surface area contributed by atoms with E-state index in [9.17, 15) is 18.7 Å². The summed E-state index contributed by atoms with van der Waals surface area (Å²) in [6, 6.07) is 11.5. The molecular weight excluding hydrogens is 302 g/mol. The van der Waals surface area contributed by atoms with Gasteiger partial charge in [-0.25, -0.2) is 8.78 Å². The van der Waals surface area contributed by atoms with E-state index < -0.39 is 17.5 Å². The van der Waals surface area contributed by atoms with E-state index in [-0.39, 0.29) is 17.0 Å². The number of para-hydroxylation sites is 1. The molecule has 0 atom stereocenters. The molecule has 23 heavy (non-hydrogen) atoms. The highest BCUT2D eigenvalue weighted by Gasteiger charge is 2.12. The molecular formula is C17H14F2N2O2. The van der Waals surface area contributed by atoms with Gasteiger partial charge < -0.3 is 10.4 Å². The van der Waals surface area contributed by atoms with Crippen molar-refractivity contribution in [1.82, 2.24) is 0 Å². The van der Waals surface area contributed by atoms with Crippen molar-refractivity contribution in [3.8, 4) is 0 Å². The number of anilines is 1. The number of aliphatic hydroxyl groups excluding tert-OH is 1. The Labute approximate surface area is 131 Å². The third-order valence-electron chi connectivity index (χ3n) is 2.91. The summed E-state index contributed by atoms with van der Waals surface area (Å²) in [7, 11) is 0. The van der Waals surface area contributed by atoms with Gasteiger partial charge in [0, 0.05) is 18.0 Å². The molecule has 0 aliphatic carbocycles. The van der Waals surface area contributed by atoms with Crippen LogP contribution in [0, 0.1) is 11.6 Å². The number of aliphatic hydroxyl groups is 1. The molecule has 2 aromatic rings. The van der Waals surface area contributed by atoms with Crippen LogP contribution in [0.4, 0.5) is 20.2 Å². The van der Waals surface area contributed by atoms with Crippen LogP contribution in [-0.4, -0.2) is 17.2 Å². The number of carbonyl (C=O) groups excluding carboxylic acids is 1. The minimum absolute atomic E-state index is 0.127. The maximum absolute atomic E-state index is 13.5. The first kappa shape index (κ1) is 16.4. The number of aliphatic imine (C=N–C) groups is 1. The second-order valence-corrected chi connectivity index (χ2v) is 4.67. The minimum atomic E-state index is -0.861. The van der Waals surface area contributed by atoms with Crippen LogP contribution in [0.5, 0.6) is 0 Å². The molecule has 4 nitrogen and oxygen atoms in total. The summed E-state index contributed by atoms with van der Waals surface area (Å²) < 4.78 is 26.4. The van der Waals surface area contributed by atoms with Crippen molar-refractivity contribution in [3.63, 3.8) is 0 Å². The number of carbonyl (C=O) groups is 1. The number of nitrogens with zero attached hydrogens (tertiary/aromatic N) is 1. The Bertz CT molecular complexity index is 767. The van der Waals surface area contributed by atoms with Gasteiger partial charge in [-0.2, -0.15) is 0 Å². The van der Waals surface area contributed by atoms with E-state index in [0.717, 1.165) is 18.3 Å². The molecule has 0 aliphatic heterocycles. The zero-order valence-electron chi connectivity index (χ0n) is 12.3. The molecule has 0 aliphatic rings. The maximum atomic E-state index is 13.5. The summed E-state index contributed by atoms with van der Waals surface area (Å²) in [5.41, 5.74) is 0.271. The summed E-state index contributed by atoms with van der Waals surface area (Å²) in [6.07, 6.45) is 1.03. The number of amides is 1. The van der Waals surface area contributed by atoms with E-state index in [1.54, 1.807) is 30.3 Å². The number of halogens is 2. The number of hydrogen-bond acceptors (Lipinski definition) is 3. The van der Waals surface area contributed by atoms with Crippen LogP contribution in [0.1, 0.15) is 6.92 Å². The first-order chi connectivity index (χ1) is 11.0. The summed E-state index contributed by atoms with van der Waals surface area (Å²) in [4.78, 5) is 15.9. The number of nitrogens with one attached hydrogen (secondary N) is 1. The van der Waals surface area contributed by atoms with Crippen molar-refractivity contribution in [2.75, 3.05) is 5.32 Å². The second kappa shape index (κ2) is 7.31. The SMILES string of the molecule is C/C(O)=C(/C=Nc1ccc(F)cc1F)C(=O)Nc1ccccc1. The summed E-state index contributed by atoms with van der Waals surface area (Å²) in [6.45, 7) is 1.31. The maximum Gasteiger partial charge on any atom is 0.260 e. The topological polar surface area (TPSA) is 61.7 Å². The Kier molecular flexibility index (Phi) is 5.19. The molecule has 6 heteroatoms. The van der Waals surface area contributed by atoms with E-state index in [1.165, 1.54) is 6.92 Å². The van der Waals surface area contributed by atoms with Crippen LogP contribution in [0.3, 0.4) is 0 Å². The van der Waals surface area contributed by atoms with Gasteiger partial charge in [-0.3, -0.25) is 9.79 Å². The fourth-order valence-corrected chi connectivity index (χ4v) is 1.76. The summed E-state index contributed by atoms with van der Waals surface area (Å²) in [5, 5.41) is 12.2. The zero-order valence-corrected chi connectivity index (χ0v) is 12.3. The van der Waals surface area contributed by atoms with Gasteiger partial charge >= 0.3 is 0 Å². The molecule has 0 bridgehead atoms. The molecule has 118 valence electrons. The van der Waals surface area contributed by atoms with Crippen LogP contribution in [0.2, 0.25) is 0 Å². The Hall–Kier alpha value is -3.02. The van der Waals surface area contributed by atoms with E-state index in [0.29, 0.717) is 11.8 Å². The normalized spacial score (nSPS) is 12.1. The van der Waals surface area contributed by atoms with Gasteiger partial charge in [-0.15, -0.1) is 0 Å². The lowest BCUT2D eigenvalue weighted by Crippen LogP contribution is -2.16. The molecule has 2 rings (SSSR count). The molecule has 0 saturated heterocycles. The summed E-state index contributed by atoms with van der Waals surface area (Å²) >= 11 is 0. The monoisotopic (exact) mass is 316 g/mol. The van der Waals surface area contributed by atoms with Gasteiger partial charge in [0.15, 0.2) is 5.82 Å². The molecule has 0 heterocycles. The average Bonchev–Trinajstić information content (AvgIpc) is 2.50. The van der Waals surface area contributed by atoms with Gasteiger partial charge in [0.1, 0.15) is 11.6 Å². The first-order valence-electron chi connectivity index (χ1n) is 6.72. The minimum Gasteiger partial charge on any atom is -0.512 e. The fourth-order valence-electron chi connectivity index (χ4n) is 1.76. The van der Waals surface area contributed by atoms with E-state index in [2.05, 4.69) is 10.3 Å². The smallest absolute Gasteiger partial charge is 0.260 e. The lowest BCUT2D eigenvalue weighted by atomic mass is 10.2. The quantitative estimate of drug-likeness (QED) is 0.506.